The number of nitrogens with zero attached hydrogens (tertiary/aromatic N) is 1. The highest BCUT2D eigenvalue weighted by Crippen LogP contribution is 2.10. The van der Waals surface area contributed by atoms with Gasteiger partial charge in [-0.2, -0.15) is 5.26 Å². The molecule has 0 aromatic rings. The molecule has 1 aliphatic heterocycles. The summed E-state index contributed by atoms with van der Waals surface area (Å²) in [6, 6.07) is 1.70. The van der Waals surface area contributed by atoms with E-state index in [0.717, 1.165) is 19.0 Å². The van der Waals surface area contributed by atoms with Gasteiger partial charge in [-0.25, -0.2) is 0 Å². The number of hydrogen-bond acceptors (Lipinski definition) is 5. The van der Waals surface area contributed by atoms with Crippen molar-refractivity contribution >= 4 is 11.9 Å². The number of carboxylic acids is 1. The molecule has 0 spiro atoms. The zero-order valence-electron chi connectivity index (χ0n) is 9.81. The van der Waals surface area contributed by atoms with Gasteiger partial charge in [0.05, 0.1) is 6.10 Å². The molecule has 1 heterocycles. The van der Waals surface area contributed by atoms with Crippen LogP contribution < -0.4 is 10.6 Å². The second-order valence-electron chi connectivity index (χ2n) is 3.79. The zero-order chi connectivity index (χ0) is 13.4. The lowest BCUT2D eigenvalue weighted by atomic mass is 10.2. The van der Waals surface area contributed by atoms with Crippen LogP contribution in [0.15, 0.2) is 11.8 Å². The van der Waals surface area contributed by atoms with Crippen molar-refractivity contribution in [2.45, 2.75) is 18.9 Å². The van der Waals surface area contributed by atoms with Crippen LogP contribution in [-0.4, -0.2) is 42.8 Å². The Labute approximate surface area is 104 Å². The van der Waals surface area contributed by atoms with Crippen molar-refractivity contribution in [2.24, 2.45) is 0 Å². The Hall–Kier alpha value is -2.07. The fourth-order valence-corrected chi connectivity index (χ4v) is 1.50. The minimum absolute atomic E-state index is 0.000807. The normalized spacial score (nSPS) is 19.1. The average molecular weight is 253 g/mol. The number of carbonyl (C=O) groups is 2. The van der Waals surface area contributed by atoms with Crippen molar-refractivity contribution < 1.29 is 19.4 Å². The molecule has 18 heavy (non-hydrogen) atoms. The Morgan fingerprint density at radius 2 is 2.33 bits per heavy atom. The van der Waals surface area contributed by atoms with E-state index in [9.17, 15) is 9.59 Å². The van der Waals surface area contributed by atoms with Crippen LogP contribution in [0.2, 0.25) is 0 Å². The molecule has 0 radical (unpaired) electrons. The molecule has 1 aliphatic rings. The highest BCUT2D eigenvalue weighted by Gasteiger charge is 2.17. The van der Waals surface area contributed by atoms with Gasteiger partial charge in [-0.05, 0) is 12.8 Å². The molecular weight excluding hydrogens is 238 g/mol. The summed E-state index contributed by atoms with van der Waals surface area (Å²) in [6.45, 7) is 0.711. The van der Waals surface area contributed by atoms with Crippen molar-refractivity contribution in [3.63, 3.8) is 0 Å². The molecule has 1 fully saturated rings. The smallest absolute Gasteiger partial charge is 0.322 e. The number of rotatable bonds is 6. The Morgan fingerprint density at radius 3 is 2.89 bits per heavy atom. The standard InChI is InChI=1S/C11H15N3O4/c12-4-8(5-13-7-10(15)16)11(17)14-6-9-2-1-3-18-9/h5,9,13H,1-3,6-7H2,(H,14,17)(H,15,16)/b8-5-. The second-order valence-corrected chi connectivity index (χ2v) is 3.79. The molecule has 3 N–H and O–H groups in total. The number of nitrogens with one attached hydrogen (secondary N) is 2. The maximum absolute atomic E-state index is 11.6. The molecule has 1 rings (SSSR count). The van der Waals surface area contributed by atoms with Crippen LogP contribution in [0, 0.1) is 11.3 Å². The van der Waals surface area contributed by atoms with Gasteiger partial charge >= 0.3 is 5.97 Å². The predicted molar refractivity (Wildman–Crippen MR) is 61.3 cm³/mol. The van der Waals surface area contributed by atoms with E-state index >= 15 is 0 Å². The van der Waals surface area contributed by atoms with E-state index in [-0.39, 0.29) is 18.2 Å². The van der Waals surface area contributed by atoms with Crippen LogP contribution in [0.25, 0.3) is 0 Å². The van der Waals surface area contributed by atoms with E-state index in [1.165, 1.54) is 0 Å². The molecule has 1 amide bonds. The van der Waals surface area contributed by atoms with E-state index in [0.29, 0.717) is 13.2 Å². The molecule has 1 saturated heterocycles. The Kier molecular flexibility index (Phi) is 5.67. The number of ether oxygens (including phenoxy) is 1. The molecule has 0 aromatic heterocycles. The SMILES string of the molecule is N#C/C(=C/NCC(=O)O)C(=O)NCC1CCCO1. The summed E-state index contributed by atoms with van der Waals surface area (Å²) >= 11 is 0. The number of hydrogen-bond donors (Lipinski definition) is 3. The van der Waals surface area contributed by atoms with Crippen molar-refractivity contribution in [1.29, 1.82) is 5.26 Å². The Bertz CT molecular complexity index is 380. The number of nitriles is 1. The molecule has 7 nitrogen and oxygen atoms in total. The number of aliphatic carboxylic acids is 1. The largest absolute Gasteiger partial charge is 0.480 e. The minimum atomic E-state index is -1.07. The Morgan fingerprint density at radius 1 is 1.56 bits per heavy atom. The summed E-state index contributed by atoms with van der Waals surface area (Å²) in [7, 11) is 0. The number of carbonyl (C=O) groups excluding carboxylic acids is 1. The van der Waals surface area contributed by atoms with Gasteiger partial charge in [0.15, 0.2) is 0 Å². The first-order valence-corrected chi connectivity index (χ1v) is 5.58. The van der Waals surface area contributed by atoms with Gasteiger partial charge in [-0.15, -0.1) is 0 Å². The van der Waals surface area contributed by atoms with Gasteiger partial charge in [-0.3, -0.25) is 9.59 Å². The topological polar surface area (TPSA) is 111 Å². The quantitative estimate of drug-likeness (QED) is 0.429. The molecule has 7 heteroatoms. The van der Waals surface area contributed by atoms with E-state index < -0.39 is 11.9 Å². The van der Waals surface area contributed by atoms with Crippen molar-refractivity contribution in [1.82, 2.24) is 10.6 Å². The van der Waals surface area contributed by atoms with Crippen molar-refractivity contribution in [2.75, 3.05) is 19.7 Å². The number of carboxylic acid groups (broad SMARTS) is 1. The molecule has 1 unspecified atom stereocenters. The Balaban J connectivity index is 2.36. The fourth-order valence-electron chi connectivity index (χ4n) is 1.50. The summed E-state index contributed by atoms with van der Waals surface area (Å²) in [4.78, 5) is 21.8. The highest BCUT2D eigenvalue weighted by molar-refractivity contribution is 5.97. The molecular formula is C11H15N3O4. The lowest BCUT2D eigenvalue weighted by Crippen LogP contribution is -2.33. The average Bonchev–Trinajstić information content (AvgIpc) is 2.84. The molecule has 98 valence electrons. The van der Waals surface area contributed by atoms with E-state index in [4.69, 9.17) is 15.1 Å². The van der Waals surface area contributed by atoms with Gasteiger partial charge in [0.2, 0.25) is 0 Å². The van der Waals surface area contributed by atoms with Gasteiger partial charge < -0.3 is 20.5 Å². The van der Waals surface area contributed by atoms with Crippen LogP contribution in [-0.2, 0) is 14.3 Å². The summed E-state index contributed by atoms with van der Waals surface area (Å²) in [6.07, 6.45) is 2.96. The fraction of sp³-hybridized carbons (Fsp3) is 0.545. The molecule has 0 aromatic carbocycles. The van der Waals surface area contributed by atoms with Crippen LogP contribution in [0.4, 0.5) is 0 Å². The van der Waals surface area contributed by atoms with Crippen LogP contribution in [0.1, 0.15) is 12.8 Å². The van der Waals surface area contributed by atoms with Crippen molar-refractivity contribution in [3.8, 4) is 6.07 Å². The van der Waals surface area contributed by atoms with Crippen molar-refractivity contribution in [3.05, 3.63) is 11.8 Å². The first kappa shape index (κ1) is 14.0. The summed E-state index contributed by atoms with van der Waals surface area (Å²) in [5.74, 6) is -1.60. The lowest BCUT2D eigenvalue weighted by molar-refractivity contribution is -0.135. The van der Waals surface area contributed by atoms with Crippen LogP contribution >= 0.6 is 0 Å². The summed E-state index contributed by atoms with van der Waals surface area (Å²) in [5, 5.41) is 22.1. The molecule has 0 bridgehead atoms. The van der Waals surface area contributed by atoms with E-state index in [2.05, 4.69) is 10.6 Å². The lowest BCUT2D eigenvalue weighted by Gasteiger charge is -2.10. The van der Waals surface area contributed by atoms with Gasteiger partial charge in [0.25, 0.3) is 5.91 Å². The monoisotopic (exact) mass is 253 g/mol. The third-order valence-corrected chi connectivity index (χ3v) is 2.38. The summed E-state index contributed by atoms with van der Waals surface area (Å²) < 4.78 is 5.32. The molecule has 0 aliphatic carbocycles. The maximum Gasteiger partial charge on any atom is 0.322 e. The third-order valence-electron chi connectivity index (χ3n) is 2.38. The minimum Gasteiger partial charge on any atom is -0.480 e. The molecule has 1 atom stereocenters. The van der Waals surface area contributed by atoms with E-state index in [1.807, 2.05) is 0 Å². The maximum atomic E-state index is 11.6. The highest BCUT2D eigenvalue weighted by atomic mass is 16.5. The zero-order valence-corrected chi connectivity index (χ0v) is 9.81. The predicted octanol–water partition coefficient (Wildman–Crippen LogP) is -0.637. The second kappa shape index (κ2) is 7.29. The van der Waals surface area contributed by atoms with Gasteiger partial charge in [0.1, 0.15) is 18.2 Å². The molecule has 0 saturated carbocycles. The first-order valence-electron chi connectivity index (χ1n) is 5.58. The summed E-state index contributed by atoms with van der Waals surface area (Å²) in [5.41, 5.74) is -0.158. The first-order chi connectivity index (χ1) is 8.63. The number of amides is 1. The van der Waals surface area contributed by atoms with E-state index in [1.54, 1.807) is 6.07 Å². The van der Waals surface area contributed by atoms with Gasteiger partial charge in [0, 0.05) is 19.4 Å². The van der Waals surface area contributed by atoms with Crippen LogP contribution in [0.3, 0.4) is 0 Å². The third kappa shape index (κ3) is 4.84. The van der Waals surface area contributed by atoms with Crippen LogP contribution in [0.5, 0.6) is 0 Å². The van der Waals surface area contributed by atoms with Gasteiger partial charge in [-0.1, -0.05) is 0 Å².